The molecule has 0 bridgehead atoms. The molecule has 3 heterocycles. The van der Waals surface area contributed by atoms with Crippen molar-refractivity contribution < 1.29 is 14.3 Å². The molecule has 2 amide bonds. The zero-order valence-corrected chi connectivity index (χ0v) is 20.4. The molecule has 1 fully saturated rings. The number of anilines is 1. The van der Waals surface area contributed by atoms with E-state index in [-0.39, 0.29) is 17.6 Å². The number of hydrogen-bond acceptors (Lipinski definition) is 8. The van der Waals surface area contributed by atoms with Crippen molar-refractivity contribution in [2.75, 3.05) is 37.0 Å². The molecule has 9 nitrogen and oxygen atoms in total. The van der Waals surface area contributed by atoms with Gasteiger partial charge < -0.3 is 9.64 Å². The van der Waals surface area contributed by atoms with Crippen LogP contribution in [-0.2, 0) is 9.53 Å². The number of benzene rings is 1. The Morgan fingerprint density at radius 2 is 1.97 bits per heavy atom. The van der Waals surface area contributed by atoms with E-state index in [9.17, 15) is 9.59 Å². The molecule has 1 aliphatic heterocycles. The largest absolute Gasteiger partial charge is 0.378 e. The Morgan fingerprint density at radius 3 is 2.76 bits per heavy atom. The minimum atomic E-state index is -0.375. The SMILES string of the molecule is Cc1ccc(C)c(-n2ccnc2SCC(=O)NNC(=O)c2sc(N3CCOCC3)nc2C)c1. The number of hydrazine groups is 1. The second-order valence-corrected chi connectivity index (χ2v) is 9.59. The van der Waals surface area contributed by atoms with Gasteiger partial charge in [-0.25, -0.2) is 9.97 Å². The van der Waals surface area contributed by atoms with Gasteiger partial charge in [-0.3, -0.25) is 25.0 Å². The molecule has 0 radical (unpaired) electrons. The van der Waals surface area contributed by atoms with Gasteiger partial charge in [0.05, 0.1) is 30.3 Å². The predicted molar refractivity (Wildman–Crippen MR) is 129 cm³/mol. The maximum Gasteiger partial charge on any atom is 0.281 e. The van der Waals surface area contributed by atoms with Crippen LogP contribution in [0, 0.1) is 20.8 Å². The van der Waals surface area contributed by atoms with E-state index in [4.69, 9.17) is 4.74 Å². The summed E-state index contributed by atoms with van der Waals surface area (Å²) in [5.41, 5.74) is 8.92. The van der Waals surface area contributed by atoms with Crippen LogP contribution in [0.3, 0.4) is 0 Å². The highest BCUT2D eigenvalue weighted by Crippen LogP contribution is 2.27. The lowest BCUT2D eigenvalue weighted by molar-refractivity contribution is -0.119. The van der Waals surface area contributed by atoms with Gasteiger partial charge in [0.1, 0.15) is 4.88 Å². The first kappa shape index (κ1) is 23.3. The summed E-state index contributed by atoms with van der Waals surface area (Å²) in [7, 11) is 0. The van der Waals surface area contributed by atoms with Crippen LogP contribution in [0.2, 0.25) is 0 Å². The number of hydrogen-bond donors (Lipinski definition) is 2. The third kappa shape index (κ3) is 5.55. The molecule has 0 spiro atoms. The molecule has 33 heavy (non-hydrogen) atoms. The van der Waals surface area contributed by atoms with Crippen LogP contribution in [0.1, 0.15) is 26.5 Å². The van der Waals surface area contributed by atoms with Gasteiger partial charge in [0, 0.05) is 25.5 Å². The lowest BCUT2D eigenvalue weighted by Crippen LogP contribution is -2.42. The molecule has 0 atom stereocenters. The van der Waals surface area contributed by atoms with E-state index in [2.05, 4.69) is 43.9 Å². The minimum absolute atomic E-state index is 0.114. The Labute approximate surface area is 200 Å². The summed E-state index contributed by atoms with van der Waals surface area (Å²) < 4.78 is 7.33. The van der Waals surface area contributed by atoms with Gasteiger partial charge in [-0.2, -0.15) is 0 Å². The van der Waals surface area contributed by atoms with Gasteiger partial charge in [-0.05, 0) is 38.0 Å². The maximum atomic E-state index is 12.6. The van der Waals surface area contributed by atoms with E-state index >= 15 is 0 Å². The standard InChI is InChI=1S/C22H26N6O3S2/c1-14-4-5-15(2)17(12-14)28-7-6-23-21(28)32-13-18(29)25-26-20(30)19-16(3)24-22(33-19)27-8-10-31-11-9-27/h4-7,12H,8-11,13H2,1-3H3,(H,25,29)(H,26,30). The molecule has 0 saturated carbocycles. The van der Waals surface area contributed by atoms with E-state index in [0.717, 1.165) is 35.0 Å². The molecule has 1 aromatic carbocycles. The van der Waals surface area contributed by atoms with Crippen LogP contribution in [0.15, 0.2) is 35.7 Å². The number of amides is 2. The van der Waals surface area contributed by atoms with Crippen molar-refractivity contribution in [1.82, 2.24) is 25.4 Å². The Balaban J connectivity index is 1.32. The number of nitrogens with one attached hydrogen (secondary N) is 2. The fourth-order valence-corrected chi connectivity index (χ4v) is 5.17. The van der Waals surface area contributed by atoms with Crippen LogP contribution in [-0.4, -0.2) is 58.4 Å². The molecule has 4 rings (SSSR count). The van der Waals surface area contributed by atoms with Crippen molar-refractivity contribution in [2.45, 2.75) is 25.9 Å². The van der Waals surface area contributed by atoms with Crippen LogP contribution in [0.5, 0.6) is 0 Å². The Hall–Kier alpha value is -2.89. The Kier molecular flexibility index (Phi) is 7.31. The summed E-state index contributed by atoms with van der Waals surface area (Å²) in [6, 6.07) is 6.21. The number of nitrogens with zero attached hydrogens (tertiary/aromatic N) is 4. The van der Waals surface area contributed by atoms with Crippen molar-refractivity contribution >= 4 is 40.0 Å². The van der Waals surface area contributed by atoms with E-state index in [1.165, 1.54) is 23.1 Å². The monoisotopic (exact) mass is 486 g/mol. The van der Waals surface area contributed by atoms with Gasteiger partial charge in [0.15, 0.2) is 10.3 Å². The number of rotatable bonds is 6. The summed E-state index contributed by atoms with van der Waals surface area (Å²) in [5, 5.41) is 1.50. The number of morpholine rings is 1. The van der Waals surface area contributed by atoms with E-state index in [0.29, 0.717) is 28.9 Å². The fourth-order valence-electron chi connectivity index (χ4n) is 3.39. The first-order valence-electron chi connectivity index (χ1n) is 10.6. The number of carbonyl (C=O) groups excluding carboxylic acids is 2. The van der Waals surface area contributed by atoms with Gasteiger partial charge in [0.2, 0.25) is 5.91 Å². The van der Waals surface area contributed by atoms with E-state index in [1.54, 1.807) is 13.1 Å². The van der Waals surface area contributed by atoms with Crippen LogP contribution in [0.4, 0.5) is 5.13 Å². The molecule has 1 aliphatic rings. The topological polar surface area (TPSA) is 101 Å². The van der Waals surface area contributed by atoms with Gasteiger partial charge in [0.25, 0.3) is 5.91 Å². The van der Waals surface area contributed by atoms with Crippen molar-refractivity contribution in [2.24, 2.45) is 0 Å². The van der Waals surface area contributed by atoms with Crippen molar-refractivity contribution in [3.63, 3.8) is 0 Å². The number of carbonyl (C=O) groups is 2. The average molecular weight is 487 g/mol. The van der Waals surface area contributed by atoms with Crippen molar-refractivity contribution in [1.29, 1.82) is 0 Å². The number of aryl methyl sites for hydroxylation is 3. The van der Waals surface area contributed by atoms with Crippen molar-refractivity contribution in [3.05, 3.63) is 52.3 Å². The first-order chi connectivity index (χ1) is 15.9. The molecular formula is C22H26N6O3S2. The second-order valence-electron chi connectivity index (χ2n) is 7.67. The van der Waals surface area contributed by atoms with Crippen LogP contribution in [0.25, 0.3) is 5.69 Å². The lowest BCUT2D eigenvalue weighted by Gasteiger charge is -2.25. The fraction of sp³-hybridized carbons (Fsp3) is 0.364. The van der Waals surface area contributed by atoms with E-state index < -0.39 is 0 Å². The second kappa shape index (κ2) is 10.4. The number of thioether (sulfide) groups is 1. The summed E-state index contributed by atoms with van der Waals surface area (Å²) in [5.74, 6) is -0.581. The molecular weight excluding hydrogens is 460 g/mol. The normalized spacial score (nSPS) is 13.7. The minimum Gasteiger partial charge on any atom is -0.378 e. The molecule has 0 aliphatic carbocycles. The van der Waals surface area contributed by atoms with E-state index in [1.807, 2.05) is 24.6 Å². The molecule has 2 N–H and O–H groups in total. The molecule has 2 aromatic heterocycles. The van der Waals surface area contributed by atoms with Crippen LogP contribution >= 0.6 is 23.1 Å². The Bertz CT molecular complexity index is 1150. The zero-order valence-electron chi connectivity index (χ0n) is 18.8. The predicted octanol–water partition coefficient (Wildman–Crippen LogP) is 2.64. The van der Waals surface area contributed by atoms with Gasteiger partial charge in [-0.15, -0.1) is 0 Å². The molecule has 3 aromatic rings. The molecule has 11 heteroatoms. The molecule has 1 saturated heterocycles. The number of imidazole rings is 1. The first-order valence-corrected chi connectivity index (χ1v) is 12.4. The smallest absolute Gasteiger partial charge is 0.281 e. The zero-order chi connectivity index (χ0) is 23.4. The highest BCUT2D eigenvalue weighted by Gasteiger charge is 2.21. The number of aromatic nitrogens is 3. The van der Waals surface area contributed by atoms with Gasteiger partial charge >= 0.3 is 0 Å². The molecule has 174 valence electrons. The maximum absolute atomic E-state index is 12.6. The summed E-state index contributed by atoms with van der Waals surface area (Å²) in [6.07, 6.45) is 3.59. The highest BCUT2D eigenvalue weighted by atomic mass is 32.2. The third-order valence-corrected chi connectivity index (χ3v) is 7.34. The summed E-state index contributed by atoms with van der Waals surface area (Å²) in [4.78, 5) is 36.4. The van der Waals surface area contributed by atoms with Crippen molar-refractivity contribution in [3.8, 4) is 5.69 Å². The Morgan fingerprint density at radius 1 is 1.18 bits per heavy atom. The quantitative estimate of drug-likeness (QED) is 0.408. The van der Waals surface area contributed by atoms with Gasteiger partial charge in [-0.1, -0.05) is 35.2 Å². The summed E-state index contributed by atoms with van der Waals surface area (Å²) in [6.45, 7) is 8.67. The lowest BCUT2D eigenvalue weighted by atomic mass is 10.1. The third-order valence-electron chi connectivity index (χ3n) is 5.15. The number of ether oxygens (including phenoxy) is 1. The van der Waals surface area contributed by atoms with Crippen LogP contribution < -0.4 is 15.8 Å². The highest BCUT2D eigenvalue weighted by molar-refractivity contribution is 7.99. The average Bonchev–Trinajstić information content (AvgIpc) is 3.45. The molecule has 0 unspecified atom stereocenters. The summed E-state index contributed by atoms with van der Waals surface area (Å²) >= 11 is 2.62. The number of thiazole rings is 1.